The van der Waals surface area contributed by atoms with Gasteiger partial charge in [0.25, 0.3) is 0 Å². The molecule has 1 aromatic carbocycles. The number of anilines is 1. The van der Waals surface area contributed by atoms with Crippen molar-refractivity contribution >= 4 is 23.3 Å². The summed E-state index contributed by atoms with van der Waals surface area (Å²) in [5, 5.41) is 6.34. The zero-order valence-corrected chi connectivity index (χ0v) is 14.7. The van der Waals surface area contributed by atoms with Gasteiger partial charge in [-0.2, -0.15) is 0 Å². The van der Waals surface area contributed by atoms with Gasteiger partial charge < -0.3 is 15.4 Å². The predicted molar refractivity (Wildman–Crippen MR) is 94.0 cm³/mol. The molecule has 1 aromatic rings. The lowest BCUT2D eigenvalue weighted by molar-refractivity contribution is 0.0342. The van der Waals surface area contributed by atoms with Crippen molar-refractivity contribution in [1.82, 2.24) is 10.2 Å². The molecule has 128 valence electrons. The van der Waals surface area contributed by atoms with E-state index in [1.807, 2.05) is 12.1 Å². The lowest BCUT2D eigenvalue weighted by atomic mass is 10.1. The number of rotatable bonds is 6. The highest BCUT2D eigenvalue weighted by Crippen LogP contribution is 2.22. The monoisotopic (exact) mass is 339 g/mol. The number of carbonyl (C=O) groups excluding carboxylic acids is 1. The number of nitrogens with one attached hydrogen (secondary N) is 2. The Bertz CT molecular complexity index is 517. The number of amides is 2. The van der Waals surface area contributed by atoms with Crippen molar-refractivity contribution in [1.29, 1.82) is 0 Å². The van der Waals surface area contributed by atoms with Gasteiger partial charge in [-0.3, -0.25) is 4.90 Å². The summed E-state index contributed by atoms with van der Waals surface area (Å²) < 4.78 is 5.35. The van der Waals surface area contributed by atoms with Crippen LogP contribution >= 0.6 is 11.6 Å². The first-order valence-corrected chi connectivity index (χ1v) is 8.56. The minimum Gasteiger partial charge on any atom is -0.379 e. The molecule has 0 saturated carbocycles. The number of carbonyl (C=O) groups is 1. The first-order chi connectivity index (χ1) is 11.0. The molecule has 0 spiro atoms. The lowest BCUT2D eigenvalue weighted by Crippen LogP contribution is -2.35. The second-order valence-electron chi connectivity index (χ2n) is 6.26. The van der Waals surface area contributed by atoms with Gasteiger partial charge in [0.1, 0.15) is 0 Å². The quantitative estimate of drug-likeness (QED) is 0.835. The molecule has 0 aromatic heterocycles. The highest BCUT2D eigenvalue weighted by Gasteiger charge is 2.13. The van der Waals surface area contributed by atoms with E-state index in [0.717, 1.165) is 44.8 Å². The molecule has 5 nitrogen and oxygen atoms in total. The van der Waals surface area contributed by atoms with E-state index in [0.29, 0.717) is 23.2 Å². The van der Waals surface area contributed by atoms with Crippen LogP contribution in [0.3, 0.4) is 0 Å². The largest absolute Gasteiger partial charge is 0.379 e. The van der Waals surface area contributed by atoms with Gasteiger partial charge in [-0.15, -0.1) is 0 Å². The molecule has 2 N–H and O–H groups in total. The second kappa shape index (κ2) is 9.11. The van der Waals surface area contributed by atoms with Crippen LogP contribution in [0.25, 0.3) is 0 Å². The van der Waals surface area contributed by atoms with Crippen molar-refractivity contribution < 1.29 is 9.53 Å². The first kappa shape index (κ1) is 18.0. The van der Waals surface area contributed by atoms with Crippen LogP contribution in [0, 0.1) is 5.92 Å². The number of morpholine rings is 1. The normalized spacial score (nSPS) is 15.7. The van der Waals surface area contributed by atoms with Crippen molar-refractivity contribution in [3.8, 4) is 0 Å². The van der Waals surface area contributed by atoms with E-state index in [4.69, 9.17) is 16.3 Å². The van der Waals surface area contributed by atoms with E-state index in [1.165, 1.54) is 0 Å². The second-order valence-corrected chi connectivity index (χ2v) is 6.67. The predicted octanol–water partition coefficient (Wildman–Crippen LogP) is 3.34. The number of benzene rings is 1. The van der Waals surface area contributed by atoms with Crippen LogP contribution in [0.4, 0.5) is 10.5 Å². The third kappa shape index (κ3) is 6.37. The van der Waals surface area contributed by atoms with Crippen LogP contribution < -0.4 is 10.6 Å². The van der Waals surface area contributed by atoms with Crippen molar-refractivity contribution in [3.05, 3.63) is 28.8 Å². The fourth-order valence-corrected chi connectivity index (χ4v) is 2.64. The van der Waals surface area contributed by atoms with Gasteiger partial charge in [0.2, 0.25) is 0 Å². The summed E-state index contributed by atoms with van der Waals surface area (Å²) in [6, 6.07) is 5.48. The van der Waals surface area contributed by atoms with Gasteiger partial charge in [-0.25, -0.2) is 4.79 Å². The fraction of sp³-hybridized carbons (Fsp3) is 0.588. The number of hydrogen-bond acceptors (Lipinski definition) is 3. The van der Waals surface area contributed by atoms with Crippen LogP contribution in [0.1, 0.15) is 25.8 Å². The number of hydrogen-bond donors (Lipinski definition) is 2. The van der Waals surface area contributed by atoms with E-state index in [2.05, 4.69) is 29.4 Å². The SMILES string of the molecule is CC(C)CCNC(=O)Nc1ccc(CN2CCOCC2)c(Cl)c1. The van der Waals surface area contributed by atoms with Gasteiger partial charge >= 0.3 is 6.03 Å². The van der Waals surface area contributed by atoms with Gasteiger partial charge in [0.15, 0.2) is 0 Å². The van der Waals surface area contributed by atoms with Gasteiger partial charge in [-0.05, 0) is 30.0 Å². The van der Waals surface area contributed by atoms with E-state index in [9.17, 15) is 4.79 Å². The Balaban J connectivity index is 1.84. The lowest BCUT2D eigenvalue weighted by Gasteiger charge is -2.27. The molecular weight excluding hydrogens is 314 g/mol. The Morgan fingerprint density at radius 2 is 2.09 bits per heavy atom. The summed E-state index contributed by atoms with van der Waals surface area (Å²) in [5.41, 5.74) is 1.78. The van der Waals surface area contributed by atoms with Crippen molar-refractivity contribution in [2.24, 2.45) is 5.92 Å². The van der Waals surface area contributed by atoms with Crippen molar-refractivity contribution in [3.63, 3.8) is 0 Å². The van der Waals surface area contributed by atoms with E-state index in [-0.39, 0.29) is 6.03 Å². The van der Waals surface area contributed by atoms with E-state index in [1.54, 1.807) is 6.07 Å². The minimum absolute atomic E-state index is 0.192. The van der Waals surface area contributed by atoms with Crippen molar-refractivity contribution in [2.45, 2.75) is 26.8 Å². The Labute approximate surface area is 143 Å². The Morgan fingerprint density at radius 3 is 2.74 bits per heavy atom. The maximum Gasteiger partial charge on any atom is 0.319 e. The highest BCUT2D eigenvalue weighted by atomic mass is 35.5. The van der Waals surface area contributed by atoms with Crippen LogP contribution in [-0.4, -0.2) is 43.8 Å². The number of urea groups is 1. The van der Waals surface area contributed by atoms with Crippen molar-refractivity contribution in [2.75, 3.05) is 38.2 Å². The number of halogens is 1. The molecule has 1 aliphatic heterocycles. The minimum atomic E-state index is -0.192. The van der Waals surface area contributed by atoms with Crippen LogP contribution in [0.2, 0.25) is 5.02 Å². The van der Waals surface area contributed by atoms with Gasteiger partial charge in [0, 0.05) is 36.9 Å². The van der Waals surface area contributed by atoms with Crippen LogP contribution in [0.15, 0.2) is 18.2 Å². The average molecular weight is 340 g/mol. The maximum absolute atomic E-state index is 11.8. The maximum atomic E-state index is 11.8. The summed E-state index contributed by atoms with van der Waals surface area (Å²) in [5.74, 6) is 0.573. The van der Waals surface area contributed by atoms with Gasteiger partial charge in [-0.1, -0.05) is 31.5 Å². The third-order valence-electron chi connectivity index (χ3n) is 3.82. The zero-order chi connectivity index (χ0) is 16.7. The molecular formula is C17H26ClN3O2. The molecule has 1 fully saturated rings. The zero-order valence-electron chi connectivity index (χ0n) is 13.9. The smallest absolute Gasteiger partial charge is 0.319 e. The molecule has 1 saturated heterocycles. The number of ether oxygens (including phenoxy) is 1. The van der Waals surface area contributed by atoms with Crippen LogP contribution in [-0.2, 0) is 11.3 Å². The standard InChI is InChI=1S/C17H26ClN3O2/c1-13(2)5-6-19-17(22)20-15-4-3-14(16(18)11-15)12-21-7-9-23-10-8-21/h3-4,11,13H,5-10,12H2,1-2H3,(H2,19,20,22). The third-order valence-corrected chi connectivity index (χ3v) is 4.17. The molecule has 1 heterocycles. The molecule has 0 aliphatic carbocycles. The topological polar surface area (TPSA) is 53.6 Å². The Morgan fingerprint density at radius 1 is 1.35 bits per heavy atom. The molecule has 6 heteroatoms. The van der Waals surface area contributed by atoms with E-state index < -0.39 is 0 Å². The molecule has 2 rings (SSSR count). The molecule has 0 radical (unpaired) electrons. The van der Waals surface area contributed by atoms with E-state index >= 15 is 0 Å². The summed E-state index contributed by atoms with van der Waals surface area (Å²) in [4.78, 5) is 14.1. The van der Waals surface area contributed by atoms with Gasteiger partial charge in [0.05, 0.1) is 13.2 Å². The van der Waals surface area contributed by atoms with Crippen LogP contribution in [0.5, 0.6) is 0 Å². The molecule has 0 atom stereocenters. The average Bonchev–Trinajstić information content (AvgIpc) is 2.50. The highest BCUT2D eigenvalue weighted by molar-refractivity contribution is 6.31. The molecule has 2 amide bonds. The summed E-state index contributed by atoms with van der Waals surface area (Å²) >= 11 is 6.35. The molecule has 23 heavy (non-hydrogen) atoms. The molecule has 1 aliphatic rings. The Hall–Kier alpha value is -1.30. The Kier molecular flexibility index (Phi) is 7.15. The first-order valence-electron chi connectivity index (χ1n) is 8.18. The summed E-state index contributed by atoms with van der Waals surface area (Å²) in [6.07, 6.45) is 0.965. The number of nitrogens with zero attached hydrogens (tertiary/aromatic N) is 1. The molecule has 0 bridgehead atoms. The fourth-order valence-electron chi connectivity index (χ4n) is 2.40. The summed E-state index contributed by atoms with van der Waals surface area (Å²) in [6.45, 7) is 9.14. The molecule has 0 unspecified atom stereocenters. The summed E-state index contributed by atoms with van der Waals surface area (Å²) in [7, 11) is 0.